The van der Waals surface area contributed by atoms with Crippen LogP contribution < -0.4 is 0 Å². The molecule has 0 fully saturated rings. The van der Waals surface area contributed by atoms with Crippen LogP contribution in [0.5, 0.6) is 0 Å². The van der Waals surface area contributed by atoms with E-state index >= 15 is 0 Å². The van der Waals surface area contributed by atoms with Gasteiger partial charge in [-0.3, -0.25) is 0 Å². The van der Waals surface area contributed by atoms with Crippen molar-refractivity contribution in [3.63, 3.8) is 0 Å². The smallest absolute Gasteiger partial charge is 0.116 e. The molecule has 2 heteroatoms. The van der Waals surface area contributed by atoms with Crippen LogP contribution in [0.25, 0.3) is 10.1 Å². The zero-order chi connectivity index (χ0) is 7.68. The summed E-state index contributed by atoms with van der Waals surface area (Å²) in [5.41, 5.74) is 0.811. The normalized spacial score (nSPS) is 10.6. The first-order chi connectivity index (χ1) is 5.42. The van der Waals surface area contributed by atoms with E-state index in [1.165, 1.54) is 4.70 Å². The average Bonchev–Trinajstić information content (AvgIpc) is 2.47. The Bertz CT molecular complexity index is 364. The third-order valence-electron chi connectivity index (χ3n) is 1.71. The van der Waals surface area contributed by atoms with Crippen LogP contribution in [0.3, 0.4) is 0 Å². The van der Waals surface area contributed by atoms with Crippen molar-refractivity contribution in [2.45, 2.75) is 6.67 Å². The number of hydrogen-bond donors (Lipinski definition) is 0. The summed E-state index contributed by atoms with van der Waals surface area (Å²) in [6, 6.07) is 7.88. The summed E-state index contributed by atoms with van der Waals surface area (Å²) in [7, 11) is 0. The fraction of sp³-hybridized carbons (Fsp3) is 0.111. The highest BCUT2D eigenvalue weighted by Gasteiger charge is 2.00. The molecule has 56 valence electrons. The minimum absolute atomic E-state index is 0.357. The molecular formula is C9H7FS. The van der Waals surface area contributed by atoms with Gasteiger partial charge in [-0.2, -0.15) is 0 Å². The topological polar surface area (TPSA) is 0 Å². The van der Waals surface area contributed by atoms with Gasteiger partial charge in [0.05, 0.1) is 0 Å². The Morgan fingerprint density at radius 2 is 2.09 bits per heavy atom. The van der Waals surface area contributed by atoms with Crippen molar-refractivity contribution in [2.24, 2.45) is 0 Å². The summed E-state index contributed by atoms with van der Waals surface area (Å²) in [6.45, 7) is -0.357. The van der Waals surface area contributed by atoms with Crippen LogP contribution in [0, 0.1) is 0 Å². The molecule has 0 saturated carbocycles. The first-order valence-corrected chi connectivity index (χ1v) is 4.31. The summed E-state index contributed by atoms with van der Waals surface area (Å²) in [6.07, 6.45) is 0. The van der Waals surface area contributed by atoms with E-state index in [1.54, 1.807) is 11.3 Å². The predicted molar refractivity (Wildman–Crippen MR) is 46.6 cm³/mol. The molecule has 0 unspecified atom stereocenters. The van der Waals surface area contributed by atoms with Gasteiger partial charge in [0.15, 0.2) is 0 Å². The third kappa shape index (κ3) is 1.03. The molecule has 0 spiro atoms. The molecule has 0 aliphatic carbocycles. The lowest BCUT2D eigenvalue weighted by atomic mass is 10.2. The van der Waals surface area contributed by atoms with Crippen LogP contribution in [-0.4, -0.2) is 0 Å². The van der Waals surface area contributed by atoms with E-state index in [-0.39, 0.29) is 6.67 Å². The lowest BCUT2D eigenvalue weighted by molar-refractivity contribution is 0.488. The van der Waals surface area contributed by atoms with Gasteiger partial charge in [0.25, 0.3) is 0 Å². The van der Waals surface area contributed by atoms with Crippen LogP contribution in [0.15, 0.2) is 29.6 Å². The van der Waals surface area contributed by atoms with Gasteiger partial charge in [0.2, 0.25) is 0 Å². The Hall–Kier alpha value is -0.890. The molecule has 0 saturated heterocycles. The van der Waals surface area contributed by atoms with Crippen LogP contribution in [0.4, 0.5) is 4.39 Å². The summed E-state index contributed by atoms with van der Waals surface area (Å²) in [4.78, 5) is 0. The zero-order valence-corrected chi connectivity index (χ0v) is 6.70. The first-order valence-electron chi connectivity index (χ1n) is 3.43. The molecule has 0 amide bonds. The quantitative estimate of drug-likeness (QED) is 0.609. The van der Waals surface area contributed by atoms with Crippen molar-refractivity contribution in [3.05, 3.63) is 35.2 Å². The summed E-state index contributed by atoms with van der Waals surface area (Å²) in [5.74, 6) is 0. The first kappa shape index (κ1) is 6.80. The molecular weight excluding hydrogens is 159 g/mol. The summed E-state index contributed by atoms with van der Waals surface area (Å²) in [5, 5.41) is 2.94. The van der Waals surface area contributed by atoms with Crippen molar-refractivity contribution >= 4 is 21.4 Å². The molecule has 2 aromatic rings. The molecule has 0 nitrogen and oxygen atoms in total. The monoisotopic (exact) mass is 166 g/mol. The molecule has 1 aromatic heterocycles. The Balaban J connectivity index is 2.76. The maximum atomic E-state index is 12.3. The molecule has 1 aromatic carbocycles. The van der Waals surface area contributed by atoms with Gasteiger partial charge in [-0.15, -0.1) is 11.3 Å². The third-order valence-corrected chi connectivity index (χ3v) is 2.72. The highest BCUT2D eigenvalue weighted by atomic mass is 32.1. The van der Waals surface area contributed by atoms with Gasteiger partial charge < -0.3 is 0 Å². The minimum atomic E-state index is -0.357. The number of hydrogen-bond acceptors (Lipinski definition) is 1. The predicted octanol–water partition coefficient (Wildman–Crippen LogP) is 3.37. The van der Waals surface area contributed by atoms with Gasteiger partial charge in [0, 0.05) is 10.3 Å². The fourth-order valence-corrected chi connectivity index (χ4v) is 2.08. The second kappa shape index (κ2) is 2.62. The Kier molecular flexibility index (Phi) is 1.62. The SMILES string of the molecule is FCc1csc2ccccc12. The van der Waals surface area contributed by atoms with E-state index in [2.05, 4.69) is 0 Å². The van der Waals surface area contributed by atoms with Crippen molar-refractivity contribution in [3.8, 4) is 0 Å². The van der Waals surface area contributed by atoms with E-state index < -0.39 is 0 Å². The second-order valence-corrected chi connectivity index (χ2v) is 3.30. The molecule has 0 radical (unpaired) electrons. The van der Waals surface area contributed by atoms with Gasteiger partial charge in [-0.25, -0.2) is 4.39 Å². The van der Waals surface area contributed by atoms with Crippen molar-refractivity contribution < 1.29 is 4.39 Å². The summed E-state index contributed by atoms with van der Waals surface area (Å²) >= 11 is 1.60. The Morgan fingerprint density at radius 1 is 1.27 bits per heavy atom. The molecule has 11 heavy (non-hydrogen) atoms. The van der Waals surface area contributed by atoms with Crippen LogP contribution in [-0.2, 0) is 6.67 Å². The van der Waals surface area contributed by atoms with Crippen molar-refractivity contribution in [2.75, 3.05) is 0 Å². The molecule has 0 aliphatic rings. The fourth-order valence-electron chi connectivity index (χ4n) is 1.14. The van der Waals surface area contributed by atoms with Gasteiger partial charge in [-0.05, 0) is 16.8 Å². The number of thiophene rings is 1. The van der Waals surface area contributed by atoms with Crippen LogP contribution >= 0.6 is 11.3 Å². The lowest BCUT2D eigenvalue weighted by Gasteiger charge is -1.89. The van der Waals surface area contributed by atoms with E-state index in [1.807, 2.05) is 29.6 Å². The maximum absolute atomic E-state index is 12.3. The van der Waals surface area contributed by atoms with E-state index in [0.29, 0.717) is 0 Å². The standard InChI is InChI=1S/C9H7FS/c10-5-7-6-11-9-4-2-1-3-8(7)9/h1-4,6H,5H2. The van der Waals surface area contributed by atoms with Crippen LogP contribution in [0.1, 0.15) is 5.56 Å². The van der Waals surface area contributed by atoms with Crippen LogP contribution in [0.2, 0.25) is 0 Å². The largest absolute Gasteiger partial charge is 0.246 e. The second-order valence-electron chi connectivity index (χ2n) is 2.39. The maximum Gasteiger partial charge on any atom is 0.116 e. The highest BCUT2D eigenvalue weighted by Crippen LogP contribution is 2.25. The minimum Gasteiger partial charge on any atom is -0.246 e. The van der Waals surface area contributed by atoms with Crippen molar-refractivity contribution in [1.82, 2.24) is 0 Å². The van der Waals surface area contributed by atoms with Gasteiger partial charge in [-0.1, -0.05) is 18.2 Å². The average molecular weight is 166 g/mol. The Morgan fingerprint density at radius 3 is 2.91 bits per heavy atom. The van der Waals surface area contributed by atoms with Crippen molar-refractivity contribution in [1.29, 1.82) is 0 Å². The van der Waals surface area contributed by atoms with Gasteiger partial charge >= 0.3 is 0 Å². The molecule has 0 bridgehead atoms. The zero-order valence-electron chi connectivity index (χ0n) is 5.88. The number of halogens is 1. The molecule has 0 N–H and O–H groups in total. The molecule has 2 rings (SSSR count). The molecule has 0 atom stereocenters. The van der Waals surface area contributed by atoms with E-state index in [9.17, 15) is 4.39 Å². The van der Waals surface area contributed by atoms with E-state index in [0.717, 1.165) is 10.9 Å². The summed E-state index contributed by atoms with van der Waals surface area (Å²) < 4.78 is 13.5. The number of rotatable bonds is 1. The highest BCUT2D eigenvalue weighted by molar-refractivity contribution is 7.17. The number of alkyl halides is 1. The molecule has 1 heterocycles. The number of benzene rings is 1. The van der Waals surface area contributed by atoms with E-state index in [4.69, 9.17) is 0 Å². The molecule has 0 aliphatic heterocycles. The Labute approximate surface area is 68.3 Å². The lowest BCUT2D eigenvalue weighted by Crippen LogP contribution is -1.71. The number of fused-ring (bicyclic) bond motifs is 1. The van der Waals surface area contributed by atoms with Gasteiger partial charge in [0.1, 0.15) is 6.67 Å².